The first kappa shape index (κ1) is 12.0. The summed E-state index contributed by atoms with van der Waals surface area (Å²) in [6.45, 7) is 3.47. The van der Waals surface area contributed by atoms with E-state index in [4.69, 9.17) is 4.74 Å². The van der Waals surface area contributed by atoms with Crippen molar-refractivity contribution < 1.29 is 9.53 Å². The van der Waals surface area contributed by atoms with Gasteiger partial charge in [0, 0.05) is 6.20 Å². The highest BCUT2D eigenvalue weighted by Crippen LogP contribution is 2.01. The molecule has 5 heteroatoms. The van der Waals surface area contributed by atoms with Gasteiger partial charge in [-0.1, -0.05) is 0 Å². The van der Waals surface area contributed by atoms with Crippen molar-refractivity contribution in [2.45, 2.75) is 26.5 Å². The number of hydrogen-bond donors (Lipinski definition) is 0. The van der Waals surface area contributed by atoms with Crippen molar-refractivity contribution in [2.24, 2.45) is 0 Å². The van der Waals surface area contributed by atoms with Gasteiger partial charge in [0.1, 0.15) is 6.54 Å². The second-order valence-corrected chi connectivity index (χ2v) is 4.18. The van der Waals surface area contributed by atoms with Gasteiger partial charge in [-0.15, -0.1) is 0 Å². The van der Waals surface area contributed by atoms with Crippen LogP contribution in [0.25, 0.3) is 0 Å². The Bertz CT molecular complexity index is 411. The van der Waals surface area contributed by atoms with Crippen molar-refractivity contribution in [3.05, 3.63) is 33.2 Å². The second-order valence-electron chi connectivity index (χ2n) is 3.33. The number of carbonyl (C=O) groups excluding carboxylic acids is 1. The zero-order chi connectivity index (χ0) is 11.4. The molecule has 0 radical (unpaired) electrons. The number of carbonyl (C=O) groups is 1. The van der Waals surface area contributed by atoms with Gasteiger partial charge >= 0.3 is 5.97 Å². The summed E-state index contributed by atoms with van der Waals surface area (Å²) in [6, 6.07) is 3.32. The van der Waals surface area contributed by atoms with Gasteiger partial charge in [0.05, 0.1) is 10.6 Å². The maximum Gasteiger partial charge on any atom is 0.326 e. The van der Waals surface area contributed by atoms with E-state index in [-0.39, 0.29) is 18.2 Å². The molecule has 4 nitrogen and oxygen atoms in total. The average molecular weight is 274 g/mol. The molecule has 0 fully saturated rings. The Hall–Kier alpha value is -1.10. The number of esters is 1. The molecule has 0 aromatic carbocycles. The van der Waals surface area contributed by atoms with Crippen LogP contribution in [0.4, 0.5) is 0 Å². The summed E-state index contributed by atoms with van der Waals surface area (Å²) in [4.78, 5) is 22.8. The van der Waals surface area contributed by atoms with Crippen molar-refractivity contribution in [2.75, 3.05) is 0 Å². The average Bonchev–Trinajstić information content (AvgIpc) is 2.11. The molecule has 1 aromatic rings. The van der Waals surface area contributed by atoms with Crippen LogP contribution in [-0.2, 0) is 16.1 Å². The normalized spacial score (nSPS) is 10.4. The largest absolute Gasteiger partial charge is 0.462 e. The van der Waals surface area contributed by atoms with Crippen LogP contribution in [0.2, 0.25) is 0 Å². The number of nitrogens with zero attached hydrogens (tertiary/aromatic N) is 1. The molecule has 0 aliphatic heterocycles. The predicted octanol–water partition coefficient (Wildman–Crippen LogP) is 1.56. The fourth-order valence-electron chi connectivity index (χ4n) is 1.07. The Morgan fingerprint density at radius 2 is 2.27 bits per heavy atom. The molecule has 1 rings (SSSR count). The van der Waals surface area contributed by atoms with Gasteiger partial charge in [-0.2, -0.15) is 0 Å². The van der Waals surface area contributed by atoms with E-state index >= 15 is 0 Å². The van der Waals surface area contributed by atoms with E-state index in [2.05, 4.69) is 15.9 Å². The summed E-state index contributed by atoms with van der Waals surface area (Å²) >= 11 is 3.10. The van der Waals surface area contributed by atoms with Gasteiger partial charge in [0.2, 0.25) is 0 Å². The summed E-state index contributed by atoms with van der Waals surface area (Å²) in [5, 5.41) is 0. The van der Waals surface area contributed by atoms with E-state index in [9.17, 15) is 9.59 Å². The minimum absolute atomic E-state index is 0.0591. The Morgan fingerprint density at radius 3 is 2.87 bits per heavy atom. The molecule has 0 amide bonds. The highest BCUT2D eigenvalue weighted by atomic mass is 79.9. The molecule has 1 heterocycles. The standard InChI is InChI=1S/C10H12BrNO3/c1-7(2)15-9(13)6-12-5-3-4-8(11)10(12)14/h3-5,7H,6H2,1-2H3. The van der Waals surface area contributed by atoms with E-state index in [1.807, 2.05) is 0 Å². The van der Waals surface area contributed by atoms with Crippen molar-refractivity contribution in [3.8, 4) is 0 Å². The Kier molecular flexibility index (Phi) is 4.08. The molecular weight excluding hydrogens is 262 g/mol. The van der Waals surface area contributed by atoms with Gasteiger partial charge in [-0.25, -0.2) is 0 Å². The van der Waals surface area contributed by atoms with E-state index in [0.29, 0.717) is 4.47 Å². The number of halogens is 1. The van der Waals surface area contributed by atoms with Gasteiger partial charge in [0.15, 0.2) is 0 Å². The summed E-state index contributed by atoms with van der Waals surface area (Å²) in [6.07, 6.45) is 1.38. The topological polar surface area (TPSA) is 48.3 Å². The first-order chi connectivity index (χ1) is 7.00. The van der Waals surface area contributed by atoms with Crippen LogP contribution in [-0.4, -0.2) is 16.6 Å². The van der Waals surface area contributed by atoms with E-state index in [0.717, 1.165) is 0 Å². The summed E-state index contributed by atoms with van der Waals surface area (Å²) in [7, 11) is 0. The summed E-state index contributed by atoms with van der Waals surface area (Å²) < 4.78 is 6.67. The van der Waals surface area contributed by atoms with Crippen LogP contribution in [0, 0.1) is 0 Å². The second kappa shape index (κ2) is 5.11. The van der Waals surface area contributed by atoms with Crippen molar-refractivity contribution in [3.63, 3.8) is 0 Å². The molecule has 0 bridgehead atoms. The number of hydrogen-bond acceptors (Lipinski definition) is 3. The van der Waals surface area contributed by atoms with Gasteiger partial charge in [-0.05, 0) is 41.9 Å². The summed E-state index contributed by atoms with van der Waals surface area (Å²) in [5.41, 5.74) is -0.238. The third-order valence-electron chi connectivity index (χ3n) is 1.64. The zero-order valence-corrected chi connectivity index (χ0v) is 10.2. The van der Waals surface area contributed by atoms with Crippen LogP contribution in [0.5, 0.6) is 0 Å². The van der Waals surface area contributed by atoms with E-state index < -0.39 is 5.97 Å². The van der Waals surface area contributed by atoms with Crippen molar-refractivity contribution in [1.82, 2.24) is 4.57 Å². The first-order valence-corrected chi connectivity index (χ1v) is 5.34. The SMILES string of the molecule is CC(C)OC(=O)Cn1cccc(Br)c1=O. The van der Waals surface area contributed by atoms with Crippen LogP contribution in [0.3, 0.4) is 0 Å². The lowest BCUT2D eigenvalue weighted by Gasteiger charge is -2.09. The molecule has 1 aromatic heterocycles. The Morgan fingerprint density at radius 1 is 1.60 bits per heavy atom. The molecule has 0 atom stereocenters. The quantitative estimate of drug-likeness (QED) is 0.786. The van der Waals surface area contributed by atoms with E-state index in [1.54, 1.807) is 32.2 Å². The number of rotatable bonds is 3. The molecule has 0 saturated carbocycles. The lowest BCUT2D eigenvalue weighted by Crippen LogP contribution is -2.26. The van der Waals surface area contributed by atoms with E-state index in [1.165, 1.54) is 4.57 Å². The highest BCUT2D eigenvalue weighted by molar-refractivity contribution is 9.10. The van der Waals surface area contributed by atoms with Crippen LogP contribution in [0.15, 0.2) is 27.6 Å². The summed E-state index contributed by atoms with van der Waals surface area (Å²) in [5.74, 6) is -0.412. The van der Waals surface area contributed by atoms with Crippen LogP contribution in [0.1, 0.15) is 13.8 Å². The van der Waals surface area contributed by atoms with Crippen LogP contribution < -0.4 is 5.56 Å². The van der Waals surface area contributed by atoms with Gasteiger partial charge < -0.3 is 9.30 Å². The fourth-order valence-corrected chi connectivity index (χ4v) is 1.45. The molecule has 82 valence electrons. The molecule has 0 aliphatic rings. The number of ether oxygens (including phenoxy) is 1. The number of pyridine rings is 1. The first-order valence-electron chi connectivity index (χ1n) is 4.55. The molecule has 0 unspecified atom stereocenters. The molecule has 0 aliphatic carbocycles. The third-order valence-corrected chi connectivity index (χ3v) is 2.24. The zero-order valence-electron chi connectivity index (χ0n) is 8.57. The Labute approximate surface area is 96.0 Å². The van der Waals surface area contributed by atoms with Crippen molar-refractivity contribution >= 4 is 21.9 Å². The smallest absolute Gasteiger partial charge is 0.326 e. The lowest BCUT2D eigenvalue weighted by atomic mass is 10.4. The molecule has 0 saturated heterocycles. The molecule has 0 N–H and O–H groups in total. The minimum Gasteiger partial charge on any atom is -0.462 e. The predicted molar refractivity (Wildman–Crippen MR) is 59.6 cm³/mol. The Balaban J connectivity index is 2.77. The number of aromatic nitrogens is 1. The molecule has 15 heavy (non-hydrogen) atoms. The lowest BCUT2D eigenvalue weighted by molar-refractivity contribution is -0.148. The third kappa shape index (κ3) is 3.51. The highest BCUT2D eigenvalue weighted by Gasteiger charge is 2.08. The van der Waals surface area contributed by atoms with Crippen molar-refractivity contribution in [1.29, 1.82) is 0 Å². The maximum atomic E-state index is 11.5. The van der Waals surface area contributed by atoms with Gasteiger partial charge in [-0.3, -0.25) is 9.59 Å². The fraction of sp³-hybridized carbons (Fsp3) is 0.400. The maximum absolute atomic E-state index is 11.5. The van der Waals surface area contributed by atoms with Crippen LogP contribution >= 0.6 is 15.9 Å². The minimum atomic E-state index is -0.412. The molecular formula is C10H12BrNO3. The van der Waals surface area contributed by atoms with Gasteiger partial charge in [0.25, 0.3) is 5.56 Å². The molecule has 0 spiro atoms. The monoisotopic (exact) mass is 273 g/mol.